The van der Waals surface area contributed by atoms with Crippen LogP contribution < -0.4 is 10.6 Å². The van der Waals surface area contributed by atoms with Crippen molar-refractivity contribution in [1.82, 2.24) is 15.5 Å². The van der Waals surface area contributed by atoms with Crippen LogP contribution in [0.25, 0.3) is 0 Å². The van der Waals surface area contributed by atoms with E-state index < -0.39 is 5.97 Å². The van der Waals surface area contributed by atoms with Crippen LogP contribution in [-0.4, -0.2) is 67.3 Å². The summed E-state index contributed by atoms with van der Waals surface area (Å²) in [5.41, 5.74) is 0.0317. The number of hydrogen-bond donors (Lipinski definition) is 4. The standard InChI is InChI=1S/C16H25N3O4/c1-17-5-3-7-19(2)8-4-6-18-15(21)12-9-13(16(22)23)11-14(20)10-12/h9-11,17,20H,3-8H2,1-2H3,(H,18,21)(H,22,23). The lowest BCUT2D eigenvalue weighted by atomic mass is 10.1. The SMILES string of the molecule is CNCCCN(C)CCCNC(=O)c1cc(O)cc(C(=O)O)c1. The molecule has 0 saturated carbocycles. The molecule has 23 heavy (non-hydrogen) atoms. The van der Waals surface area contributed by atoms with E-state index in [0.717, 1.165) is 38.5 Å². The normalized spacial score (nSPS) is 10.7. The number of rotatable bonds is 10. The Hall–Kier alpha value is -2.12. The second kappa shape index (κ2) is 9.81. The van der Waals surface area contributed by atoms with Gasteiger partial charge in [-0.1, -0.05) is 0 Å². The first-order valence-corrected chi connectivity index (χ1v) is 7.62. The highest BCUT2D eigenvalue weighted by Gasteiger charge is 2.11. The van der Waals surface area contributed by atoms with Gasteiger partial charge in [-0.2, -0.15) is 0 Å². The van der Waals surface area contributed by atoms with Crippen molar-refractivity contribution >= 4 is 11.9 Å². The first-order chi connectivity index (χ1) is 10.9. The summed E-state index contributed by atoms with van der Waals surface area (Å²) in [6.45, 7) is 3.32. The van der Waals surface area contributed by atoms with Crippen LogP contribution in [0.4, 0.5) is 0 Å². The first kappa shape index (κ1) is 18.9. The predicted molar refractivity (Wildman–Crippen MR) is 88.1 cm³/mol. The van der Waals surface area contributed by atoms with Gasteiger partial charge >= 0.3 is 5.97 Å². The highest BCUT2D eigenvalue weighted by Crippen LogP contribution is 2.15. The summed E-state index contributed by atoms with van der Waals surface area (Å²) in [6, 6.07) is 3.62. The second-order valence-corrected chi connectivity index (χ2v) is 5.44. The van der Waals surface area contributed by atoms with E-state index in [1.165, 1.54) is 12.1 Å². The lowest BCUT2D eigenvalue weighted by molar-refractivity contribution is 0.0696. The van der Waals surface area contributed by atoms with Crippen LogP contribution in [0.3, 0.4) is 0 Å². The maximum absolute atomic E-state index is 12.0. The van der Waals surface area contributed by atoms with E-state index in [1.54, 1.807) is 0 Å². The average molecular weight is 323 g/mol. The first-order valence-electron chi connectivity index (χ1n) is 7.62. The molecule has 0 aromatic heterocycles. The van der Waals surface area contributed by atoms with E-state index >= 15 is 0 Å². The van der Waals surface area contributed by atoms with Gasteiger partial charge in [0.1, 0.15) is 5.75 Å². The summed E-state index contributed by atoms with van der Waals surface area (Å²) in [6.07, 6.45) is 1.87. The van der Waals surface area contributed by atoms with Crippen molar-refractivity contribution in [3.8, 4) is 5.75 Å². The van der Waals surface area contributed by atoms with Gasteiger partial charge < -0.3 is 25.7 Å². The molecule has 0 atom stereocenters. The van der Waals surface area contributed by atoms with Gasteiger partial charge in [0.15, 0.2) is 0 Å². The van der Waals surface area contributed by atoms with Crippen molar-refractivity contribution < 1.29 is 19.8 Å². The van der Waals surface area contributed by atoms with Crippen molar-refractivity contribution in [2.75, 3.05) is 40.3 Å². The minimum atomic E-state index is -1.18. The quantitative estimate of drug-likeness (QED) is 0.474. The maximum atomic E-state index is 12.0. The van der Waals surface area contributed by atoms with Gasteiger partial charge in [0, 0.05) is 12.1 Å². The van der Waals surface area contributed by atoms with Gasteiger partial charge in [0.05, 0.1) is 5.56 Å². The zero-order chi connectivity index (χ0) is 17.2. The molecule has 0 fully saturated rings. The molecule has 0 unspecified atom stereocenters. The lowest BCUT2D eigenvalue weighted by Gasteiger charge is -2.16. The van der Waals surface area contributed by atoms with E-state index in [0.29, 0.717) is 6.54 Å². The van der Waals surface area contributed by atoms with Crippen LogP contribution in [0.2, 0.25) is 0 Å². The molecule has 0 radical (unpaired) electrons. The number of aromatic hydroxyl groups is 1. The minimum Gasteiger partial charge on any atom is -0.508 e. The molecule has 1 rings (SSSR count). The fourth-order valence-electron chi connectivity index (χ4n) is 2.16. The molecule has 0 aliphatic heterocycles. The fourth-order valence-corrected chi connectivity index (χ4v) is 2.16. The Morgan fingerprint density at radius 3 is 2.30 bits per heavy atom. The van der Waals surface area contributed by atoms with Crippen LogP contribution in [0.5, 0.6) is 5.75 Å². The third-order valence-corrected chi connectivity index (χ3v) is 3.40. The van der Waals surface area contributed by atoms with Gasteiger partial charge in [-0.15, -0.1) is 0 Å². The van der Waals surface area contributed by atoms with E-state index in [2.05, 4.69) is 15.5 Å². The van der Waals surface area contributed by atoms with Crippen LogP contribution in [0, 0.1) is 0 Å². The summed E-state index contributed by atoms with van der Waals surface area (Å²) in [5, 5.41) is 24.2. The average Bonchev–Trinajstić information content (AvgIpc) is 2.51. The van der Waals surface area contributed by atoms with E-state index in [1.807, 2.05) is 14.1 Å². The van der Waals surface area contributed by atoms with Gasteiger partial charge in [-0.05, 0) is 64.8 Å². The molecule has 0 bridgehead atoms. The topological polar surface area (TPSA) is 102 Å². The molecule has 128 valence electrons. The number of benzene rings is 1. The predicted octanol–water partition coefficient (Wildman–Crippen LogP) is 0.752. The number of carboxylic acids is 1. The molecule has 1 amide bonds. The van der Waals surface area contributed by atoms with Crippen molar-refractivity contribution in [2.24, 2.45) is 0 Å². The zero-order valence-electron chi connectivity index (χ0n) is 13.6. The highest BCUT2D eigenvalue weighted by atomic mass is 16.4. The van der Waals surface area contributed by atoms with E-state index in [-0.39, 0.29) is 22.8 Å². The summed E-state index contributed by atoms with van der Waals surface area (Å²) in [5.74, 6) is -1.81. The minimum absolute atomic E-state index is 0.112. The molecule has 1 aromatic rings. The summed E-state index contributed by atoms with van der Waals surface area (Å²) >= 11 is 0. The molecule has 0 heterocycles. The Kier molecular flexibility index (Phi) is 8.07. The number of carboxylic acid groups (broad SMARTS) is 1. The Labute approximate surface area is 136 Å². The molecule has 7 nitrogen and oxygen atoms in total. The lowest BCUT2D eigenvalue weighted by Crippen LogP contribution is -2.29. The number of carbonyl (C=O) groups is 2. The Bertz CT molecular complexity index is 534. The summed E-state index contributed by atoms with van der Waals surface area (Å²) in [4.78, 5) is 25.1. The number of amides is 1. The maximum Gasteiger partial charge on any atom is 0.335 e. The molecule has 0 spiro atoms. The number of carbonyl (C=O) groups excluding carboxylic acids is 1. The fraction of sp³-hybridized carbons (Fsp3) is 0.500. The molecule has 0 aliphatic rings. The Morgan fingerprint density at radius 2 is 1.70 bits per heavy atom. The molecular weight excluding hydrogens is 298 g/mol. The smallest absolute Gasteiger partial charge is 0.335 e. The third-order valence-electron chi connectivity index (χ3n) is 3.40. The Morgan fingerprint density at radius 1 is 1.09 bits per heavy atom. The van der Waals surface area contributed by atoms with Crippen LogP contribution in [-0.2, 0) is 0 Å². The molecule has 7 heteroatoms. The van der Waals surface area contributed by atoms with E-state index in [4.69, 9.17) is 5.11 Å². The number of phenolic OH excluding ortho intramolecular Hbond substituents is 1. The summed E-state index contributed by atoms with van der Waals surface area (Å²) < 4.78 is 0. The van der Waals surface area contributed by atoms with Gasteiger partial charge in [0.2, 0.25) is 0 Å². The van der Waals surface area contributed by atoms with Crippen molar-refractivity contribution in [1.29, 1.82) is 0 Å². The number of aromatic carboxylic acids is 1. The third kappa shape index (κ3) is 7.12. The van der Waals surface area contributed by atoms with Crippen LogP contribution in [0.1, 0.15) is 33.6 Å². The molecule has 0 saturated heterocycles. The zero-order valence-corrected chi connectivity index (χ0v) is 13.6. The number of nitrogens with zero attached hydrogens (tertiary/aromatic N) is 1. The molecule has 4 N–H and O–H groups in total. The molecule has 1 aromatic carbocycles. The molecular formula is C16H25N3O4. The van der Waals surface area contributed by atoms with Crippen LogP contribution >= 0.6 is 0 Å². The number of phenols is 1. The number of hydrogen-bond acceptors (Lipinski definition) is 5. The van der Waals surface area contributed by atoms with Crippen LogP contribution in [0.15, 0.2) is 18.2 Å². The number of nitrogens with one attached hydrogen (secondary N) is 2. The summed E-state index contributed by atoms with van der Waals surface area (Å²) in [7, 11) is 3.96. The van der Waals surface area contributed by atoms with Crippen molar-refractivity contribution in [3.63, 3.8) is 0 Å². The Balaban J connectivity index is 2.38. The van der Waals surface area contributed by atoms with E-state index in [9.17, 15) is 14.7 Å². The van der Waals surface area contributed by atoms with Crippen molar-refractivity contribution in [3.05, 3.63) is 29.3 Å². The monoisotopic (exact) mass is 323 g/mol. The second-order valence-electron chi connectivity index (χ2n) is 5.44. The molecule has 0 aliphatic carbocycles. The van der Waals surface area contributed by atoms with Gasteiger partial charge in [0.25, 0.3) is 5.91 Å². The van der Waals surface area contributed by atoms with Crippen molar-refractivity contribution in [2.45, 2.75) is 12.8 Å². The highest BCUT2D eigenvalue weighted by molar-refractivity contribution is 5.98. The largest absolute Gasteiger partial charge is 0.508 e. The van der Waals surface area contributed by atoms with Gasteiger partial charge in [-0.25, -0.2) is 4.79 Å². The van der Waals surface area contributed by atoms with Gasteiger partial charge in [-0.3, -0.25) is 4.79 Å².